The number of carbonyl (C=O) groups is 1. The number of hydrogen-bond donors (Lipinski definition) is 1. The van der Waals surface area contributed by atoms with Crippen LogP contribution >= 0.6 is 11.8 Å². The fourth-order valence-electron chi connectivity index (χ4n) is 2.45. The normalized spacial score (nSPS) is 19.9. The van der Waals surface area contributed by atoms with E-state index in [4.69, 9.17) is 0 Å². The van der Waals surface area contributed by atoms with Gasteiger partial charge in [-0.1, -0.05) is 45.0 Å². The van der Waals surface area contributed by atoms with Gasteiger partial charge in [-0.25, -0.2) is 0 Å². The third-order valence-corrected chi connectivity index (χ3v) is 4.82. The van der Waals surface area contributed by atoms with E-state index in [1.807, 2.05) is 11.8 Å². The fourth-order valence-corrected chi connectivity index (χ4v) is 3.40. The molecule has 1 unspecified atom stereocenters. The molecule has 1 aromatic carbocycles. The van der Waals surface area contributed by atoms with E-state index < -0.39 is 0 Å². The molecule has 1 fully saturated rings. The zero-order chi connectivity index (χ0) is 14.6. The van der Waals surface area contributed by atoms with Gasteiger partial charge in [0.15, 0.2) is 0 Å². The molecule has 3 heteroatoms. The second-order valence-electron chi connectivity index (χ2n) is 6.59. The highest BCUT2D eigenvalue weighted by Gasteiger charge is 2.17. The molecule has 0 bridgehead atoms. The second kappa shape index (κ2) is 6.77. The molecule has 0 aliphatic carbocycles. The number of hydrogen-bond acceptors (Lipinski definition) is 3. The van der Waals surface area contributed by atoms with Gasteiger partial charge in [-0.15, -0.1) is 0 Å². The molecule has 1 aromatic rings. The van der Waals surface area contributed by atoms with Crippen LogP contribution in [0.2, 0.25) is 0 Å². The third kappa shape index (κ3) is 4.64. The Labute approximate surface area is 126 Å². The van der Waals surface area contributed by atoms with Crippen molar-refractivity contribution in [1.29, 1.82) is 0 Å². The third-order valence-electron chi connectivity index (χ3n) is 3.69. The number of thioether (sulfide) groups is 1. The zero-order valence-electron chi connectivity index (χ0n) is 12.7. The Balaban J connectivity index is 1.87. The van der Waals surface area contributed by atoms with Crippen LogP contribution in [0.1, 0.15) is 38.3 Å². The number of Topliss-reactive ketones (excluding diaryl/α,β-unsaturated/α-hetero) is 1. The standard InChI is InChI=1S/C17H25NOS/c1-17(2,3)14-6-4-13(5-7-14)10-16(19)11-15-12-20-9-8-18-15/h4-7,15,18H,8-12H2,1-3H3. The van der Waals surface area contributed by atoms with E-state index >= 15 is 0 Å². The molecule has 1 aliphatic rings. The lowest BCUT2D eigenvalue weighted by Crippen LogP contribution is -2.39. The van der Waals surface area contributed by atoms with Crippen molar-refractivity contribution in [1.82, 2.24) is 5.32 Å². The summed E-state index contributed by atoms with van der Waals surface area (Å²) in [6.07, 6.45) is 1.22. The lowest BCUT2D eigenvalue weighted by molar-refractivity contribution is -0.118. The maximum absolute atomic E-state index is 12.1. The first kappa shape index (κ1) is 15.6. The molecular weight excluding hydrogens is 266 g/mol. The van der Waals surface area contributed by atoms with Crippen molar-refractivity contribution in [3.05, 3.63) is 35.4 Å². The first-order valence-corrected chi connectivity index (χ1v) is 8.53. The molecule has 1 N–H and O–H groups in total. The topological polar surface area (TPSA) is 29.1 Å². The van der Waals surface area contributed by atoms with E-state index in [0.29, 0.717) is 24.7 Å². The SMILES string of the molecule is CC(C)(C)c1ccc(CC(=O)CC2CSCCN2)cc1. The van der Waals surface area contributed by atoms with Crippen molar-refractivity contribution in [3.63, 3.8) is 0 Å². The van der Waals surface area contributed by atoms with Crippen LogP contribution in [0.4, 0.5) is 0 Å². The van der Waals surface area contributed by atoms with Gasteiger partial charge in [-0.3, -0.25) is 4.79 Å². The van der Waals surface area contributed by atoms with Crippen LogP contribution in [0.25, 0.3) is 0 Å². The van der Waals surface area contributed by atoms with Crippen LogP contribution in [0.5, 0.6) is 0 Å². The minimum atomic E-state index is 0.172. The largest absolute Gasteiger partial charge is 0.312 e. The minimum Gasteiger partial charge on any atom is -0.312 e. The van der Waals surface area contributed by atoms with Gasteiger partial charge in [0.1, 0.15) is 5.78 Å². The molecule has 1 atom stereocenters. The first-order chi connectivity index (χ1) is 9.45. The number of ketones is 1. The summed E-state index contributed by atoms with van der Waals surface area (Å²) in [5.74, 6) is 2.57. The Kier molecular flexibility index (Phi) is 5.28. The highest BCUT2D eigenvalue weighted by Crippen LogP contribution is 2.22. The maximum atomic E-state index is 12.1. The monoisotopic (exact) mass is 291 g/mol. The van der Waals surface area contributed by atoms with E-state index in [2.05, 4.69) is 50.4 Å². The summed E-state index contributed by atoms with van der Waals surface area (Å²) >= 11 is 1.94. The number of benzene rings is 1. The molecule has 110 valence electrons. The van der Waals surface area contributed by atoms with Crippen molar-refractivity contribution in [3.8, 4) is 0 Å². The van der Waals surface area contributed by atoms with Crippen molar-refractivity contribution in [2.75, 3.05) is 18.1 Å². The zero-order valence-corrected chi connectivity index (χ0v) is 13.6. The average Bonchev–Trinajstić information content (AvgIpc) is 2.39. The molecule has 1 heterocycles. The number of carbonyl (C=O) groups excluding carboxylic acids is 1. The highest BCUT2D eigenvalue weighted by atomic mass is 32.2. The average molecular weight is 291 g/mol. The molecule has 1 saturated heterocycles. The van der Waals surface area contributed by atoms with Crippen molar-refractivity contribution in [2.24, 2.45) is 0 Å². The first-order valence-electron chi connectivity index (χ1n) is 7.37. The predicted octanol–water partition coefficient (Wildman–Crippen LogP) is 3.19. The molecule has 0 radical (unpaired) electrons. The molecule has 1 aliphatic heterocycles. The van der Waals surface area contributed by atoms with Gasteiger partial charge in [0, 0.05) is 36.9 Å². The lowest BCUT2D eigenvalue weighted by atomic mass is 9.86. The van der Waals surface area contributed by atoms with Gasteiger partial charge >= 0.3 is 0 Å². The van der Waals surface area contributed by atoms with Crippen LogP contribution in [0.3, 0.4) is 0 Å². The molecule has 20 heavy (non-hydrogen) atoms. The smallest absolute Gasteiger partial charge is 0.138 e. The Hall–Kier alpha value is -0.800. The molecule has 0 amide bonds. The van der Waals surface area contributed by atoms with Gasteiger partial charge < -0.3 is 5.32 Å². The van der Waals surface area contributed by atoms with Crippen molar-refractivity contribution >= 4 is 17.5 Å². The quantitative estimate of drug-likeness (QED) is 0.923. The molecule has 0 aromatic heterocycles. The van der Waals surface area contributed by atoms with Crippen LogP contribution in [-0.4, -0.2) is 29.9 Å². The van der Waals surface area contributed by atoms with Gasteiger partial charge in [-0.2, -0.15) is 11.8 Å². The summed E-state index contributed by atoms with van der Waals surface area (Å²) in [6.45, 7) is 7.65. The molecule has 2 nitrogen and oxygen atoms in total. The molecule has 0 spiro atoms. The minimum absolute atomic E-state index is 0.172. The molecule has 2 rings (SSSR count). The van der Waals surface area contributed by atoms with Gasteiger partial charge in [0.25, 0.3) is 0 Å². The highest BCUT2D eigenvalue weighted by molar-refractivity contribution is 7.99. The lowest BCUT2D eigenvalue weighted by Gasteiger charge is -2.22. The molecular formula is C17H25NOS. The fraction of sp³-hybridized carbons (Fsp3) is 0.588. The van der Waals surface area contributed by atoms with E-state index in [1.165, 1.54) is 11.3 Å². The summed E-state index contributed by atoms with van der Waals surface area (Å²) in [5.41, 5.74) is 2.62. The Morgan fingerprint density at radius 3 is 2.55 bits per heavy atom. The van der Waals surface area contributed by atoms with Gasteiger partial charge in [0.2, 0.25) is 0 Å². The van der Waals surface area contributed by atoms with E-state index in [1.54, 1.807) is 0 Å². The summed E-state index contributed by atoms with van der Waals surface area (Å²) < 4.78 is 0. The van der Waals surface area contributed by atoms with Gasteiger partial charge in [0.05, 0.1) is 0 Å². The Bertz CT molecular complexity index is 441. The number of rotatable bonds is 4. The van der Waals surface area contributed by atoms with E-state index in [9.17, 15) is 4.79 Å². The van der Waals surface area contributed by atoms with Crippen molar-refractivity contribution < 1.29 is 4.79 Å². The van der Waals surface area contributed by atoms with E-state index in [0.717, 1.165) is 17.9 Å². The summed E-state index contributed by atoms with van der Waals surface area (Å²) in [4.78, 5) is 12.1. The Morgan fingerprint density at radius 2 is 2.00 bits per heavy atom. The Morgan fingerprint density at radius 1 is 1.30 bits per heavy atom. The second-order valence-corrected chi connectivity index (χ2v) is 7.74. The summed E-state index contributed by atoms with van der Waals surface area (Å²) in [6, 6.07) is 8.87. The summed E-state index contributed by atoms with van der Waals surface area (Å²) in [7, 11) is 0. The van der Waals surface area contributed by atoms with Gasteiger partial charge in [-0.05, 0) is 16.5 Å². The molecule has 0 saturated carbocycles. The summed E-state index contributed by atoms with van der Waals surface area (Å²) in [5, 5.41) is 3.42. The van der Waals surface area contributed by atoms with Crippen LogP contribution < -0.4 is 5.32 Å². The van der Waals surface area contributed by atoms with Crippen LogP contribution in [-0.2, 0) is 16.6 Å². The maximum Gasteiger partial charge on any atom is 0.138 e. The van der Waals surface area contributed by atoms with Crippen LogP contribution in [0, 0.1) is 0 Å². The number of nitrogens with one attached hydrogen (secondary N) is 1. The van der Waals surface area contributed by atoms with Crippen LogP contribution in [0.15, 0.2) is 24.3 Å². The van der Waals surface area contributed by atoms with Crippen molar-refractivity contribution in [2.45, 2.75) is 45.1 Å². The predicted molar refractivity (Wildman–Crippen MR) is 87.6 cm³/mol. The van der Waals surface area contributed by atoms with E-state index in [-0.39, 0.29) is 5.41 Å².